The van der Waals surface area contributed by atoms with Gasteiger partial charge in [0.05, 0.1) is 0 Å². The van der Waals surface area contributed by atoms with Gasteiger partial charge < -0.3 is 5.11 Å². The second kappa shape index (κ2) is 6.90. The fourth-order valence-electron chi connectivity index (χ4n) is 5.39. The van der Waals surface area contributed by atoms with Crippen molar-refractivity contribution >= 4 is 5.97 Å². The Bertz CT molecular complexity index is 387. The van der Waals surface area contributed by atoms with E-state index in [4.69, 9.17) is 0 Å². The lowest BCUT2D eigenvalue weighted by Gasteiger charge is -2.38. The van der Waals surface area contributed by atoms with Gasteiger partial charge in [-0.25, -0.2) is 0 Å². The standard InChI is InChI=1S/C19H33NO2/c1-13(2)15-9-7-14(8-10-15)12-20-17-6-4-3-5-16(17)11-18(20)19(21)22/h13-18H,3-12H2,1-2H3,(H,21,22). The maximum absolute atomic E-state index is 11.7. The molecule has 1 aliphatic heterocycles. The summed E-state index contributed by atoms with van der Waals surface area (Å²) in [6.45, 7) is 5.74. The summed E-state index contributed by atoms with van der Waals surface area (Å²) < 4.78 is 0. The Kier molecular flexibility index (Phi) is 5.11. The summed E-state index contributed by atoms with van der Waals surface area (Å²) >= 11 is 0. The molecule has 0 amide bonds. The Morgan fingerprint density at radius 1 is 1.09 bits per heavy atom. The maximum Gasteiger partial charge on any atom is 0.320 e. The number of aliphatic carboxylic acids is 1. The first kappa shape index (κ1) is 16.3. The zero-order valence-corrected chi connectivity index (χ0v) is 14.3. The molecule has 1 saturated heterocycles. The number of rotatable bonds is 4. The zero-order valence-electron chi connectivity index (χ0n) is 14.3. The van der Waals surface area contributed by atoms with Gasteiger partial charge in [0.1, 0.15) is 6.04 Å². The van der Waals surface area contributed by atoms with Crippen molar-refractivity contribution in [1.82, 2.24) is 4.90 Å². The molecule has 3 atom stereocenters. The van der Waals surface area contributed by atoms with Crippen LogP contribution >= 0.6 is 0 Å². The quantitative estimate of drug-likeness (QED) is 0.847. The van der Waals surface area contributed by atoms with Gasteiger partial charge in [-0.2, -0.15) is 0 Å². The molecule has 2 saturated carbocycles. The number of hydrogen-bond acceptors (Lipinski definition) is 2. The normalized spacial score (nSPS) is 39.9. The van der Waals surface area contributed by atoms with E-state index < -0.39 is 5.97 Å². The van der Waals surface area contributed by atoms with Crippen molar-refractivity contribution in [3.63, 3.8) is 0 Å². The zero-order chi connectivity index (χ0) is 15.7. The Balaban J connectivity index is 1.61. The van der Waals surface area contributed by atoms with E-state index in [1.807, 2.05) is 0 Å². The molecule has 0 aromatic rings. The first-order chi connectivity index (χ1) is 10.6. The summed E-state index contributed by atoms with van der Waals surface area (Å²) in [4.78, 5) is 14.1. The molecule has 0 aromatic carbocycles. The molecule has 3 fully saturated rings. The molecule has 126 valence electrons. The Labute approximate surface area is 135 Å². The molecule has 0 spiro atoms. The molecular formula is C19H33NO2. The summed E-state index contributed by atoms with van der Waals surface area (Å²) in [5.74, 6) is 2.51. The predicted octanol–water partition coefficient (Wildman–Crippen LogP) is 4.17. The third-order valence-corrected chi connectivity index (χ3v) is 6.81. The summed E-state index contributed by atoms with van der Waals surface area (Å²) in [5, 5.41) is 9.63. The summed E-state index contributed by atoms with van der Waals surface area (Å²) in [5.41, 5.74) is 0. The van der Waals surface area contributed by atoms with Gasteiger partial charge in [-0.05, 0) is 68.6 Å². The van der Waals surface area contributed by atoms with Gasteiger partial charge in [-0.1, -0.05) is 26.7 Å². The molecule has 0 bridgehead atoms. The Hall–Kier alpha value is -0.570. The smallest absolute Gasteiger partial charge is 0.320 e. The Morgan fingerprint density at radius 2 is 1.77 bits per heavy atom. The number of nitrogens with zero attached hydrogens (tertiary/aromatic N) is 1. The van der Waals surface area contributed by atoms with Crippen LogP contribution in [0.2, 0.25) is 0 Å². The van der Waals surface area contributed by atoms with E-state index in [2.05, 4.69) is 18.7 Å². The van der Waals surface area contributed by atoms with Crippen LogP contribution in [0.5, 0.6) is 0 Å². The third-order valence-electron chi connectivity index (χ3n) is 6.81. The minimum atomic E-state index is -0.578. The van der Waals surface area contributed by atoms with Crippen molar-refractivity contribution in [2.75, 3.05) is 6.54 Å². The minimum absolute atomic E-state index is 0.198. The second-order valence-electron chi connectivity index (χ2n) is 8.42. The van der Waals surface area contributed by atoms with Crippen molar-refractivity contribution in [3.8, 4) is 0 Å². The van der Waals surface area contributed by atoms with Gasteiger partial charge in [0, 0.05) is 12.6 Å². The van der Waals surface area contributed by atoms with Crippen LogP contribution in [0.3, 0.4) is 0 Å². The lowest BCUT2D eigenvalue weighted by Crippen LogP contribution is -2.45. The highest BCUT2D eigenvalue weighted by Crippen LogP contribution is 2.42. The lowest BCUT2D eigenvalue weighted by atomic mass is 9.76. The van der Waals surface area contributed by atoms with Crippen molar-refractivity contribution in [3.05, 3.63) is 0 Å². The van der Waals surface area contributed by atoms with Crippen molar-refractivity contribution in [2.45, 2.75) is 83.7 Å². The van der Waals surface area contributed by atoms with Gasteiger partial charge >= 0.3 is 5.97 Å². The molecule has 3 heteroatoms. The molecule has 22 heavy (non-hydrogen) atoms. The predicted molar refractivity (Wildman–Crippen MR) is 88.8 cm³/mol. The Morgan fingerprint density at radius 3 is 2.41 bits per heavy atom. The number of hydrogen-bond donors (Lipinski definition) is 1. The van der Waals surface area contributed by atoms with Crippen molar-refractivity contribution < 1.29 is 9.90 Å². The van der Waals surface area contributed by atoms with Crippen LogP contribution in [0.4, 0.5) is 0 Å². The summed E-state index contributed by atoms with van der Waals surface area (Å²) in [6, 6.07) is 0.369. The number of fused-ring (bicyclic) bond motifs is 1. The van der Waals surface area contributed by atoms with Crippen LogP contribution in [-0.4, -0.2) is 34.6 Å². The van der Waals surface area contributed by atoms with Crippen LogP contribution in [0.1, 0.15) is 71.6 Å². The van der Waals surface area contributed by atoms with E-state index >= 15 is 0 Å². The fourth-order valence-corrected chi connectivity index (χ4v) is 5.39. The van der Waals surface area contributed by atoms with Crippen LogP contribution in [0, 0.1) is 23.7 Å². The highest BCUT2D eigenvalue weighted by Gasteiger charge is 2.45. The van der Waals surface area contributed by atoms with Gasteiger partial charge in [-0.15, -0.1) is 0 Å². The topological polar surface area (TPSA) is 40.5 Å². The van der Waals surface area contributed by atoms with Crippen molar-refractivity contribution in [2.24, 2.45) is 23.7 Å². The van der Waals surface area contributed by atoms with Crippen LogP contribution in [0.25, 0.3) is 0 Å². The van der Waals surface area contributed by atoms with E-state index in [1.165, 1.54) is 51.4 Å². The van der Waals surface area contributed by atoms with E-state index in [-0.39, 0.29) is 6.04 Å². The number of carbonyl (C=O) groups is 1. The molecule has 3 unspecified atom stereocenters. The van der Waals surface area contributed by atoms with E-state index in [9.17, 15) is 9.90 Å². The van der Waals surface area contributed by atoms with Crippen LogP contribution in [-0.2, 0) is 4.79 Å². The van der Waals surface area contributed by atoms with E-state index in [0.29, 0.717) is 12.0 Å². The minimum Gasteiger partial charge on any atom is -0.480 e. The van der Waals surface area contributed by atoms with E-state index in [1.54, 1.807) is 0 Å². The van der Waals surface area contributed by atoms with Gasteiger partial charge in [-0.3, -0.25) is 9.69 Å². The highest BCUT2D eigenvalue weighted by atomic mass is 16.4. The van der Waals surface area contributed by atoms with Gasteiger partial charge in [0.15, 0.2) is 0 Å². The summed E-state index contributed by atoms with van der Waals surface area (Å²) in [6.07, 6.45) is 11.3. The average Bonchev–Trinajstić information content (AvgIpc) is 2.87. The fraction of sp³-hybridized carbons (Fsp3) is 0.947. The molecule has 0 aromatic heterocycles. The molecular weight excluding hydrogens is 274 g/mol. The molecule has 3 aliphatic rings. The first-order valence-electron chi connectivity index (χ1n) is 9.54. The SMILES string of the molecule is CC(C)C1CCC(CN2C(C(=O)O)CC3CCCCC32)CC1. The molecule has 1 N–H and O–H groups in total. The monoisotopic (exact) mass is 307 g/mol. The highest BCUT2D eigenvalue weighted by molar-refractivity contribution is 5.74. The number of likely N-dealkylation sites (tertiary alicyclic amines) is 1. The molecule has 0 radical (unpaired) electrons. The molecule has 3 nitrogen and oxygen atoms in total. The molecule has 3 rings (SSSR count). The van der Waals surface area contributed by atoms with E-state index in [0.717, 1.165) is 30.7 Å². The first-order valence-corrected chi connectivity index (χ1v) is 9.54. The summed E-state index contributed by atoms with van der Waals surface area (Å²) in [7, 11) is 0. The molecule has 1 heterocycles. The second-order valence-corrected chi connectivity index (χ2v) is 8.42. The third kappa shape index (κ3) is 3.34. The van der Waals surface area contributed by atoms with Crippen molar-refractivity contribution in [1.29, 1.82) is 0 Å². The lowest BCUT2D eigenvalue weighted by molar-refractivity contribution is -0.143. The number of carboxylic acids is 1. The van der Waals surface area contributed by atoms with Gasteiger partial charge in [0.25, 0.3) is 0 Å². The largest absolute Gasteiger partial charge is 0.480 e. The number of carboxylic acid groups (broad SMARTS) is 1. The average molecular weight is 307 g/mol. The van der Waals surface area contributed by atoms with Crippen LogP contribution in [0.15, 0.2) is 0 Å². The van der Waals surface area contributed by atoms with Gasteiger partial charge in [0.2, 0.25) is 0 Å². The molecule has 2 aliphatic carbocycles. The van der Waals surface area contributed by atoms with Crippen LogP contribution < -0.4 is 0 Å². The maximum atomic E-state index is 11.7.